The van der Waals surface area contributed by atoms with Crippen molar-refractivity contribution in [3.63, 3.8) is 0 Å². The Bertz CT molecular complexity index is 198. The second kappa shape index (κ2) is 12.7. The summed E-state index contributed by atoms with van der Waals surface area (Å²) >= 11 is 0. The van der Waals surface area contributed by atoms with Crippen molar-refractivity contribution in [3.8, 4) is 0 Å². The van der Waals surface area contributed by atoms with E-state index in [0.29, 0.717) is 0 Å². The molecule has 114 valence electrons. The van der Waals surface area contributed by atoms with Crippen LogP contribution < -0.4 is 5.32 Å². The van der Waals surface area contributed by atoms with Gasteiger partial charge in [0.05, 0.1) is 0 Å². The quantitative estimate of drug-likeness (QED) is 0.347. The highest BCUT2D eigenvalue weighted by atomic mass is 14.8. The summed E-state index contributed by atoms with van der Waals surface area (Å²) in [6.07, 6.45) is 11.4. The highest BCUT2D eigenvalue weighted by molar-refractivity contribution is 4.70. The highest BCUT2D eigenvalue weighted by Gasteiger charge is 2.13. The van der Waals surface area contributed by atoms with E-state index in [2.05, 4.69) is 45.7 Å². The van der Waals surface area contributed by atoms with Gasteiger partial charge >= 0.3 is 0 Å². The molecule has 0 spiro atoms. The summed E-state index contributed by atoms with van der Waals surface area (Å²) in [4.78, 5) is 0. The van der Waals surface area contributed by atoms with E-state index >= 15 is 0 Å². The smallest absolute Gasteiger partial charge is 0.00232 e. The van der Waals surface area contributed by atoms with Gasteiger partial charge in [0.1, 0.15) is 0 Å². The first-order valence-electron chi connectivity index (χ1n) is 8.43. The molecule has 0 aromatic carbocycles. The van der Waals surface area contributed by atoms with E-state index in [1.54, 1.807) is 0 Å². The standard InChI is InChI=1S/C18H37N/c1-6-8-9-12-18(16(3)4)13-10-11-17(5)15-19-14-7-2/h6,16-19H,1,7-15H2,2-5H3. The number of unbranched alkanes of at least 4 members (excludes halogenated alkanes) is 1. The molecule has 0 bridgehead atoms. The molecule has 1 nitrogen and oxygen atoms in total. The predicted octanol–water partition coefficient (Wildman–Crippen LogP) is 5.42. The maximum Gasteiger partial charge on any atom is -0.00232 e. The molecule has 0 aromatic heterocycles. The molecule has 0 aromatic rings. The third-order valence-electron chi connectivity index (χ3n) is 4.12. The molecule has 0 aliphatic rings. The number of hydrogen-bond donors (Lipinski definition) is 1. The largest absolute Gasteiger partial charge is 0.316 e. The van der Waals surface area contributed by atoms with Crippen LogP contribution in [0.4, 0.5) is 0 Å². The van der Waals surface area contributed by atoms with Gasteiger partial charge < -0.3 is 5.32 Å². The zero-order chi connectivity index (χ0) is 14.5. The SMILES string of the molecule is C=CCCCC(CCCC(C)CNCCC)C(C)C. The van der Waals surface area contributed by atoms with E-state index in [-0.39, 0.29) is 0 Å². The molecule has 0 saturated heterocycles. The van der Waals surface area contributed by atoms with Crippen LogP contribution in [0, 0.1) is 17.8 Å². The Labute approximate surface area is 122 Å². The Morgan fingerprint density at radius 2 is 1.74 bits per heavy atom. The molecule has 0 radical (unpaired) electrons. The van der Waals surface area contributed by atoms with Crippen LogP contribution in [0.5, 0.6) is 0 Å². The molecule has 0 amide bonds. The second-order valence-electron chi connectivity index (χ2n) is 6.46. The number of rotatable bonds is 13. The summed E-state index contributed by atoms with van der Waals surface area (Å²) in [5, 5.41) is 3.53. The first kappa shape index (κ1) is 18.7. The van der Waals surface area contributed by atoms with Gasteiger partial charge in [0.15, 0.2) is 0 Å². The predicted molar refractivity (Wildman–Crippen MR) is 88.6 cm³/mol. The van der Waals surface area contributed by atoms with Crippen LogP contribution in [0.1, 0.15) is 72.6 Å². The van der Waals surface area contributed by atoms with Crippen LogP contribution in [0.3, 0.4) is 0 Å². The lowest BCUT2D eigenvalue weighted by Crippen LogP contribution is -2.22. The van der Waals surface area contributed by atoms with E-state index in [9.17, 15) is 0 Å². The first-order valence-corrected chi connectivity index (χ1v) is 8.43. The average Bonchev–Trinajstić information content (AvgIpc) is 2.37. The van der Waals surface area contributed by atoms with E-state index in [1.807, 2.05) is 0 Å². The fourth-order valence-corrected chi connectivity index (χ4v) is 2.69. The molecule has 1 N–H and O–H groups in total. The molecular weight excluding hydrogens is 230 g/mol. The van der Waals surface area contributed by atoms with Crippen molar-refractivity contribution < 1.29 is 0 Å². The van der Waals surface area contributed by atoms with Crippen molar-refractivity contribution in [1.82, 2.24) is 5.32 Å². The molecule has 1 heteroatoms. The Morgan fingerprint density at radius 3 is 2.32 bits per heavy atom. The van der Waals surface area contributed by atoms with Crippen molar-refractivity contribution >= 4 is 0 Å². The topological polar surface area (TPSA) is 12.0 Å². The average molecular weight is 268 g/mol. The third kappa shape index (κ3) is 11.2. The van der Waals surface area contributed by atoms with Crippen LogP contribution >= 0.6 is 0 Å². The van der Waals surface area contributed by atoms with E-state index < -0.39 is 0 Å². The fourth-order valence-electron chi connectivity index (χ4n) is 2.69. The van der Waals surface area contributed by atoms with Gasteiger partial charge in [-0.1, -0.05) is 46.6 Å². The summed E-state index contributed by atoms with van der Waals surface area (Å²) in [6.45, 7) is 15.5. The van der Waals surface area contributed by atoms with Crippen molar-refractivity contribution in [2.24, 2.45) is 17.8 Å². The maximum absolute atomic E-state index is 3.82. The molecule has 0 heterocycles. The van der Waals surface area contributed by atoms with Gasteiger partial charge in [-0.3, -0.25) is 0 Å². The van der Waals surface area contributed by atoms with Crippen LogP contribution in [0.15, 0.2) is 12.7 Å². The number of nitrogens with one attached hydrogen (secondary N) is 1. The molecular formula is C18H37N. The van der Waals surface area contributed by atoms with Gasteiger partial charge in [0.25, 0.3) is 0 Å². The van der Waals surface area contributed by atoms with E-state index in [0.717, 1.165) is 17.8 Å². The van der Waals surface area contributed by atoms with Gasteiger partial charge in [0.2, 0.25) is 0 Å². The summed E-state index contributed by atoms with van der Waals surface area (Å²) in [6, 6.07) is 0. The van der Waals surface area contributed by atoms with Crippen LogP contribution in [0.25, 0.3) is 0 Å². The Kier molecular flexibility index (Phi) is 12.5. The molecule has 2 unspecified atom stereocenters. The van der Waals surface area contributed by atoms with Gasteiger partial charge in [-0.05, 0) is 62.9 Å². The van der Waals surface area contributed by atoms with Crippen LogP contribution in [0.2, 0.25) is 0 Å². The zero-order valence-corrected chi connectivity index (χ0v) is 13.9. The van der Waals surface area contributed by atoms with Gasteiger partial charge in [-0.15, -0.1) is 6.58 Å². The minimum atomic E-state index is 0.826. The zero-order valence-electron chi connectivity index (χ0n) is 13.9. The molecule has 0 fully saturated rings. The normalized spacial score (nSPS) is 14.6. The molecule has 2 atom stereocenters. The Hall–Kier alpha value is -0.300. The minimum Gasteiger partial charge on any atom is -0.316 e. The van der Waals surface area contributed by atoms with Crippen LogP contribution in [-0.2, 0) is 0 Å². The molecule has 0 saturated carbocycles. The summed E-state index contributed by atoms with van der Waals surface area (Å²) < 4.78 is 0. The second-order valence-corrected chi connectivity index (χ2v) is 6.46. The lowest BCUT2D eigenvalue weighted by molar-refractivity contribution is 0.309. The number of hydrogen-bond acceptors (Lipinski definition) is 1. The van der Waals surface area contributed by atoms with E-state index in [1.165, 1.54) is 58.0 Å². The maximum atomic E-state index is 3.82. The lowest BCUT2D eigenvalue weighted by Gasteiger charge is -2.21. The number of allylic oxidation sites excluding steroid dienone is 1. The van der Waals surface area contributed by atoms with Crippen LogP contribution in [-0.4, -0.2) is 13.1 Å². The molecule has 19 heavy (non-hydrogen) atoms. The minimum absolute atomic E-state index is 0.826. The summed E-state index contributed by atoms with van der Waals surface area (Å²) in [7, 11) is 0. The third-order valence-corrected chi connectivity index (χ3v) is 4.12. The fraction of sp³-hybridized carbons (Fsp3) is 0.889. The Balaban J connectivity index is 3.70. The van der Waals surface area contributed by atoms with Crippen molar-refractivity contribution in [2.75, 3.05) is 13.1 Å². The molecule has 0 aliphatic heterocycles. The Morgan fingerprint density at radius 1 is 1.05 bits per heavy atom. The summed E-state index contributed by atoms with van der Waals surface area (Å²) in [5.41, 5.74) is 0. The van der Waals surface area contributed by atoms with Gasteiger partial charge in [0, 0.05) is 0 Å². The van der Waals surface area contributed by atoms with Crippen molar-refractivity contribution in [2.45, 2.75) is 72.6 Å². The van der Waals surface area contributed by atoms with Gasteiger partial charge in [-0.2, -0.15) is 0 Å². The molecule has 0 rings (SSSR count). The summed E-state index contributed by atoms with van der Waals surface area (Å²) in [5.74, 6) is 2.57. The lowest BCUT2D eigenvalue weighted by atomic mass is 9.85. The highest BCUT2D eigenvalue weighted by Crippen LogP contribution is 2.25. The van der Waals surface area contributed by atoms with Crippen molar-refractivity contribution in [3.05, 3.63) is 12.7 Å². The van der Waals surface area contributed by atoms with E-state index in [4.69, 9.17) is 0 Å². The van der Waals surface area contributed by atoms with Crippen molar-refractivity contribution in [1.29, 1.82) is 0 Å². The van der Waals surface area contributed by atoms with Gasteiger partial charge in [-0.25, -0.2) is 0 Å². The molecule has 0 aliphatic carbocycles. The monoisotopic (exact) mass is 267 g/mol. The first-order chi connectivity index (χ1) is 9.11.